The number of hydrogen-bond donors (Lipinski definition) is 1. The predicted molar refractivity (Wildman–Crippen MR) is 98.7 cm³/mol. The molecule has 0 fully saturated rings. The minimum Gasteiger partial charge on any atom is -0.352 e. The lowest BCUT2D eigenvalue weighted by molar-refractivity contribution is -0.122. The summed E-state index contributed by atoms with van der Waals surface area (Å²) in [5.41, 5.74) is 1.27. The second kappa shape index (κ2) is 7.82. The fourth-order valence-corrected chi connectivity index (χ4v) is 2.78. The maximum Gasteiger partial charge on any atom is 0.274 e. The van der Waals surface area contributed by atoms with Crippen LogP contribution in [-0.2, 0) is 11.3 Å². The van der Waals surface area contributed by atoms with Gasteiger partial charge in [0.1, 0.15) is 18.1 Å². The first-order valence-electron chi connectivity index (χ1n) is 8.22. The molecule has 0 radical (unpaired) electrons. The van der Waals surface area contributed by atoms with Crippen LogP contribution >= 0.6 is 15.9 Å². The van der Waals surface area contributed by atoms with E-state index in [4.69, 9.17) is 4.52 Å². The smallest absolute Gasteiger partial charge is 0.274 e. The molecular formula is C18H18BrFN4O2. The normalized spacial score (nSPS) is 12.2. The Hall–Kier alpha value is -2.48. The Morgan fingerprint density at radius 1 is 1.42 bits per heavy atom. The minimum atomic E-state index is -0.362. The van der Waals surface area contributed by atoms with Gasteiger partial charge in [-0.1, -0.05) is 12.1 Å². The van der Waals surface area contributed by atoms with E-state index in [1.165, 1.54) is 6.07 Å². The molecule has 136 valence electrons. The molecule has 2 aromatic heterocycles. The molecule has 0 bridgehead atoms. The Morgan fingerprint density at radius 3 is 2.96 bits per heavy atom. The average Bonchev–Trinajstić information content (AvgIpc) is 3.26. The highest BCUT2D eigenvalue weighted by molar-refractivity contribution is 9.10. The molecule has 1 atom stereocenters. The van der Waals surface area contributed by atoms with Gasteiger partial charge in [0.25, 0.3) is 5.89 Å². The van der Waals surface area contributed by atoms with Gasteiger partial charge in [-0.2, -0.15) is 4.98 Å². The molecule has 26 heavy (non-hydrogen) atoms. The molecule has 0 saturated heterocycles. The van der Waals surface area contributed by atoms with Gasteiger partial charge in [-0.15, -0.1) is 0 Å². The highest BCUT2D eigenvalue weighted by Gasteiger charge is 2.16. The van der Waals surface area contributed by atoms with E-state index in [2.05, 4.69) is 31.4 Å². The summed E-state index contributed by atoms with van der Waals surface area (Å²) in [6.07, 6.45) is 2.65. The Morgan fingerprint density at radius 2 is 2.23 bits per heavy atom. The quantitative estimate of drug-likeness (QED) is 0.653. The van der Waals surface area contributed by atoms with Crippen molar-refractivity contribution in [1.29, 1.82) is 0 Å². The van der Waals surface area contributed by atoms with Crippen LogP contribution in [0.2, 0.25) is 0 Å². The van der Waals surface area contributed by atoms with Crippen molar-refractivity contribution < 1.29 is 13.7 Å². The molecule has 0 saturated carbocycles. The van der Waals surface area contributed by atoms with E-state index < -0.39 is 0 Å². The fourth-order valence-electron chi connectivity index (χ4n) is 2.40. The molecule has 2 heterocycles. The van der Waals surface area contributed by atoms with Gasteiger partial charge in [-0.05, 0) is 59.6 Å². The first-order valence-corrected chi connectivity index (χ1v) is 9.01. The van der Waals surface area contributed by atoms with Gasteiger partial charge in [0.15, 0.2) is 0 Å². The lowest BCUT2D eigenvalue weighted by atomic mass is 10.2. The number of aromatic nitrogens is 3. The molecule has 3 rings (SSSR count). The summed E-state index contributed by atoms with van der Waals surface area (Å²) in [4.78, 5) is 16.5. The summed E-state index contributed by atoms with van der Waals surface area (Å²) in [6.45, 7) is 4.13. The Balaban J connectivity index is 1.81. The molecule has 0 aliphatic rings. The summed E-state index contributed by atoms with van der Waals surface area (Å²) in [5, 5.41) is 6.87. The van der Waals surface area contributed by atoms with Crippen molar-refractivity contribution in [3.05, 3.63) is 46.8 Å². The zero-order chi connectivity index (χ0) is 18.7. The first kappa shape index (κ1) is 18.3. The van der Waals surface area contributed by atoms with Crippen LogP contribution in [0, 0.1) is 5.82 Å². The van der Waals surface area contributed by atoms with Gasteiger partial charge >= 0.3 is 0 Å². The van der Waals surface area contributed by atoms with E-state index in [-0.39, 0.29) is 24.3 Å². The molecule has 8 heteroatoms. The second-order valence-electron chi connectivity index (χ2n) is 5.95. The Kier molecular flexibility index (Phi) is 5.51. The number of carbonyl (C=O) groups excluding carboxylic acids is 1. The van der Waals surface area contributed by atoms with Crippen molar-refractivity contribution in [1.82, 2.24) is 20.0 Å². The van der Waals surface area contributed by atoms with Gasteiger partial charge < -0.3 is 14.4 Å². The Labute approximate surface area is 158 Å². The van der Waals surface area contributed by atoms with Crippen LogP contribution in [0.15, 0.2) is 45.5 Å². The SMILES string of the molecule is CC[C@@H](C)NC(=O)Cn1cccc1-c1nc(-c2ccc(F)c(Br)c2)no1. The predicted octanol–water partition coefficient (Wildman–Crippen LogP) is 4.02. The Bertz CT molecular complexity index is 922. The zero-order valence-corrected chi connectivity index (χ0v) is 16.0. The second-order valence-corrected chi connectivity index (χ2v) is 6.80. The van der Waals surface area contributed by atoms with E-state index in [0.717, 1.165) is 6.42 Å². The molecule has 0 aliphatic heterocycles. The molecule has 3 aromatic rings. The minimum absolute atomic E-state index is 0.0843. The number of benzene rings is 1. The molecule has 1 amide bonds. The highest BCUT2D eigenvalue weighted by Crippen LogP contribution is 2.26. The van der Waals surface area contributed by atoms with Crippen LogP contribution in [0.25, 0.3) is 23.0 Å². The summed E-state index contributed by atoms with van der Waals surface area (Å²) in [5.74, 6) is 0.192. The third-order valence-electron chi connectivity index (χ3n) is 3.99. The van der Waals surface area contributed by atoms with Gasteiger partial charge in [0.05, 0.1) is 4.47 Å². The van der Waals surface area contributed by atoms with Crippen LogP contribution in [-0.4, -0.2) is 26.7 Å². The van der Waals surface area contributed by atoms with Crippen LogP contribution in [0.3, 0.4) is 0 Å². The zero-order valence-electron chi connectivity index (χ0n) is 14.4. The van der Waals surface area contributed by atoms with Crippen LogP contribution in [0.1, 0.15) is 20.3 Å². The van der Waals surface area contributed by atoms with Crippen LogP contribution in [0.5, 0.6) is 0 Å². The maximum absolute atomic E-state index is 13.4. The van der Waals surface area contributed by atoms with Gasteiger partial charge in [-0.3, -0.25) is 4.79 Å². The topological polar surface area (TPSA) is 73.0 Å². The number of hydrogen-bond acceptors (Lipinski definition) is 4. The average molecular weight is 421 g/mol. The number of carbonyl (C=O) groups is 1. The van der Waals surface area contributed by atoms with E-state index >= 15 is 0 Å². The summed E-state index contributed by atoms with van der Waals surface area (Å²) < 4.78 is 20.8. The highest BCUT2D eigenvalue weighted by atomic mass is 79.9. The standard InChI is InChI=1S/C18H18BrFN4O2/c1-3-11(2)21-16(25)10-24-8-4-5-15(24)18-22-17(23-26-18)12-6-7-14(20)13(19)9-12/h4-9,11H,3,10H2,1-2H3,(H,21,25)/t11-/m1/s1. The molecule has 0 spiro atoms. The fraction of sp³-hybridized carbons (Fsp3) is 0.278. The van der Waals surface area contributed by atoms with Crippen molar-refractivity contribution in [2.24, 2.45) is 0 Å². The molecule has 0 unspecified atom stereocenters. The number of nitrogens with zero attached hydrogens (tertiary/aromatic N) is 3. The molecule has 1 N–H and O–H groups in total. The summed E-state index contributed by atoms with van der Waals surface area (Å²) in [7, 11) is 0. The van der Waals surface area contributed by atoms with Crippen molar-refractivity contribution in [3.8, 4) is 23.0 Å². The maximum atomic E-state index is 13.4. The molecular weight excluding hydrogens is 403 g/mol. The van der Waals surface area contributed by atoms with E-state index in [1.807, 2.05) is 19.9 Å². The number of nitrogens with one attached hydrogen (secondary N) is 1. The van der Waals surface area contributed by atoms with Crippen molar-refractivity contribution in [2.45, 2.75) is 32.9 Å². The van der Waals surface area contributed by atoms with E-state index in [9.17, 15) is 9.18 Å². The monoisotopic (exact) mass is 420 g/mol. The van der Waals surface area contributed by atoms with Crippen molar-refractivity contribution in [3.63, 3.8) is 0 Å². The van der Waals surface area contributed by atoms with E-state index in [0.29, 0.717) is 27.4 Å². The first-order chi connectivity index (χ1) is 12.5. The molecule has 6 nitrogen and oxygen atoms in total. The number of halogens is 2. The summed E-state index contributed by atoms with van der Waals surface area (Å²) in [6, 6.07) is 8.22. The number of amides is 1. The number of rotatable bonds is 6. The van der Waals surface area contributed by atoms with Gasteiger partial charge in [-0.25, -0.2) is 4.39 Å². The van der Waals surface area contributed by atoms with Crippen molar-refractivity contribution in [2.75, 3.05) is 0 Å². The van der Waals surface area contributed by atoms with Crippen molar-refractivity contribution >= 4 is 21.8 Å². The van der Waals surface area contributed by atoms with Gasteiger partial charge in [0, 0.05) is 17.8 Å². The lowest BCUT2D eigenvalue weighted by Gasteiger charge is -2.12. The van der Waals surface area contributed by atoms with Crippen LogP contribution in [0.4, 0.5) is 4.39 Å². The van der Waals surface area contributed by atoms with E-state index in [1.54, 1.807) is 29.0 Å². The third kappa shape index (κ3) is 4.01. The van der Waals surface area contributed by atoms with Gasteiger partial charge in [0.2, 0.25) is 11.7 Å². The molecule has 1 aromatic carbocycles. The third-order valence-corrected chi connectivity index (χ3v) is 4.59. The largest absolute Gasteiger partial charge is 0.352 e. The molecule has 0 aliphatic carbocycles. The lowest BCUT2D eigenvalue weighted by Crippen LogP contribution is -2.34. The summed E-state index contributed by atoms with van der Waals surface area (Å²) >= 11 is 3.14. The van der Waals surface area contributed by atoms with Crippen LogP contribution < -0.4 is 5.32 Å².